The zero-order valence-corrected chi connectivity index (χ0v) is 11.1. The number of halogens is 1. The van der Waals surface area contributed by atoms with Crippen LogP contribution >= 0.6 is 0 Å². The van der Waals surface area contributed by atoms with Crippen molar-refractivity contribution in [3.8, 4) is 6.07 Å². The second-order valence-corrected chi connectivity index (χ2v) is 7.39. The molecule has 2 fully saturated rings. The van der Waals surface area contributed by atoms with Crippen molar-refractivity contribution in [3.05, 3.63) is 35.1 Å². The molecular weight excluding hydrogens is 265 g/mol. The summed E-state index contributed by atoms with van der Waals surface area (Å²) in [4.78, 5) is 0. The fraction of sp³-hybridized carbons (Fsp3) is 0.500. The summed E-state index contributed by atoms with van der Waals surface area (Å²) in [5.74, 6) is -0.604. The molecule has 3 rings (SSSR count). The second-order valence-electron chi connectivity index (χ2n) is 5.40. The van der Waals surface area contributed by atoms with Crippen LogP contribution in [0, 0.1) is 17.1 Å². The van der Waals surface area contributed by atoms with Gasteiger partial charge in [0.15, 0.2) is 0 Å². The second kappa shape index (κ2) is 4.39. The van der Waals surface area contributed by atoms with Crippen LogP contribution in [0.3, 0.4) is 0 Å². The molecule has 2 saturated heterocycles. The van der Waals surface area contributed by atoms with Crippen LogP contribution in [0.25, 0.3) is 0 Å². The zero-order chi connectivity index (χ0) is 13.6. The smallest absolute Gasteiger partial charge is 0.141 e. The van der Waals surface area contributed by atoms with Crippen LogP contribution in [0.2, 0.25) is 0 Å². The lowest BCUT2D eigenvalue weighted by Crippen LogP contribution is -2.40. The Morgan fingerprint density at radius 1 is 1.37 bits per heavy atom. The van der Waals surface area contributed by atoms with Gasteiger partial charge in [0.05, 0.1) is 11.2 Å². The van der Waals surface area contributed by atoms with Crippen LogP contribution in [0.4, 0.5) is 4.39 Å². The highest BCUT2D eigenvalue weighted by Gasteiger charge is 2.48. The van der Waals surface area contributed by atoms with Crippen molar-refractivity contribution in [1.29, 1.82) is 5.26 Å². The highest BCUT2D eigenvalue weighted by atomic mass is 32.2. The van der Waals surface area contributed by atoms with E-state index in [1.807, 2.05) is 0 Å². The standard InChI is InChI=1S/C14H14FNO2S/c15-13-5-10(2-1-9(13)8-16)14(17)6-11-3-4-12(7-14)19(11)18/h1-2,5,11-12,17H,3-4,6-7H2. The number of nitrogens with zero attached hydrogens (tertiary/aromatic N) is 1. The molecule has 19 heavy (non-hydrogen) atoms. The maximum absolute atomic E-state index is 13.7. The molecule has 5 heteroatoms. The van der Waals surface area contributed by atoms with E-state index in [2.05, 4.69) is 0 Å². The molecule has 0 amide bonds. The van der Waals surface area contributed by atoms with E-state index in [-0.39, 0.29) is 16.1 Å². The summed E-state index contributed by atoms with van der Waals surface area (Å²) >= 11 is 0. The molecule has 2 heterocycles. The Kier molecular flexibility index (Phi) is 2.95. The molecule has 2 unspecified atom stereocenters. The number of benzene rings is 1. The quantitative estimate of drug-likeness (QED) is 0.854. The first-order valence-corrected chi connectivity index (χ1v) is 7.63. The molecule has 1 N–H and O–H groups in total. The maximum Gasteiger partial charge on any atom is 0.141 e. The van der Waals surface area contributed by atoms with E-state index in [0.717, 1.165) is 12.8 Å². The summed E-state index contributed by atoms with van der Waals surface area (Å²) in [5.41, 5.74) is -0.624. The number of hydrogen-bond donors (Lipinski definition) is 1. The van der Waals surface area contributed by atoms with Gasteiger partial charge in [-0.3, -0.25) is 4.21 Å². The highest BCUT2D eigenvalue weighted by Crippen LogP contribution is 2.45. The van der Waals surface area contributed by atoms with Gasteiger partial charge >= 0.3 is 0 Å². The van der Waals surface area contributed by atoms with Gasteiger partial charge in [0.2, 0.25) is 0 Å². The summed E-state index contributed by atoms with van der Waals surface area (Å²) in [6.07, 6.45) is 2.58. The normalized spacial score (nSPS) is 37.0. The molecule has 0 aromatic heterocycles. The Balaban J connectivity index is 1.96. The van der Waals surface area contributed by atoms with E-state index in [1.165, 1.54) is 12.1 Å². The first kappa shape index (κ1) is 12.8. The largest absolute Gasteiger partial charge is 0.385 e. The van der Waals surface area contributed by atoms with Crippen molar-refractivity contribution in [1.82, 2.24) is 0 Å². The van der Waals surface area contributed by atoms with Crippen LogP contribution < -0.4 is 0 Å². The molecule has 2 atom stereocenters. The molecule has 2 bridgehead atoms. The van der Waals surface area contributed by atoms with Crippen LogP contribution in [-0.2, 0) is 16.4 Å². The first-order valence-electron chi connectivity index (χ1n) is 6.35. The predicted octanol–water partition coefficient (Wildman–Crippen LogP) is 1.96. The lowest BCUT2D eigenvalue weighted by molar-refractivity contribution is 0.0182. The molecule has 1 aromatic carbocycles. The summed E-state index contributed by atoms with van der Waals surface area (Å²) < 4.78 is 25.6. The van der Waals surface area contributed by atoms with Crippen LogP contribution in [0.15, 0.2) is 18.2 Å². The zero-order valence-electron chi connectivity index (χ0n) is 10.3. The maximum atomic E-state index is 13.7. The number of aliphatic hydroxyl groups is 1. The van der Waals surface area contributed by atoms with E-state index >= 15 is 0 Å². The number of nitriles is 1. The fourth-order valence-corrected chi connectivity index (χ4v) is 5.37. The Morgan fingerprint density at radius 2 is 2.00 bits per heavy atom. The molecule has 100 valence electrons. The van der Waals surface area contributed by atoms with Gasteiger partial charge in [-0.25, -0.2) is 4.39 Å². The summed E-state index contributed by atoms with van der Waals surface area (Å²) in [6.45, 7) is 0. The van der Waals surface area contributed by atoms with Gasteiger partial charge in [-0.1, -0.05) is 6.07 Å². The van der Waals surface area contributed by atoms with Crippen LogP contribution in [0.5, 0.6) is 0 Å². The van der Waals surface area contributed by atoms with Crippen molar-refractivity contribution >= 4 is 10.8 Å². The highest BCUT2D eigenvalue weighted by molar-refractivity contribution is 7.86. The van der Waals surface area contributed by atoms with E-state index in [1.54, 1.807) is 12.1 Å². The topological polar surface area (TPSA) is 61.1 Å². The minimum absolute atomic E-state index is 0.0162. The third kappa shape index (κ3) is 1.99. The van der Waals surface area contributed by atoms with Gasteiger partial charge in [0.1, 0.15) is 11.9 Å². The Hall–Kier alpha value is -1.25. The molecule has 0 saturated carbocycles. The number of hydrogen-bond acceptors (Lipinski definition) is 3. The van der Waals surface area contributed by atoms with E-state index < -0.39 is 22.2 Å². The summed E-state index contributed by atoms with van der Waals surface area (Å²) in [5, 5.41) is 19.5. The number of rotatable bonds is 1. The SMILES string of the molecule is N#Cc1ccc(C2(O)CC3CCC(C2)S3=O)cc1F. The van der Waals surface area contributed by atoms with E-state index in [0.29, 0.717) is 18.4 Å². The van der Waals surface area contributed by atoms with Gasteiger partial charge in [0.25, 0.3) is 0 Å². The Bertz CT molecular complexity index is 580. The van der Waals surface area contributed by atoms with E-state index in [9.17, 15) is 13.7 Å². The molecular formula is C14H14FNO2S. The van der Waals surface area contributed by atoms with Crippen LogP contribution in [0.1, 0.15) is 36.8 Å². The summed E-state index contributed by atoms with van der Waals surface area (Å²) in [7, 11) is -0.856. The Labute approximate surface area is 113 Å². The Morgan fingerprint density at radius 3 is 2.53 bits per heavy atom. The molecule has 2 aliphatic rings. The third-order valence-electron chi connectivity index (χ3n) is 4.23. The van der Waals surface area contributed by atoms with Crippen molar-refractivity contribution in [2.75, 3.05) is 0 Å². The van der Waals surface area contributed by atoms with Gasteiger partial charge < -0.3 is 5.11 Å². The fourth-order valence-electron chi connectivity index (χ4n) is 3.21. The van der Waals surface area contributed by atoms with Crippen molar-refractivity contribution in [3.63, 3.8) is 0 Å². The van der Waals surface area contributed by atoms with Gasteiger partial charge in [-0.2, -0.15) is 5.26 Å². The minimum atomic E-state index is -1.10. The predicted molar refractivity (Wildman–Crippen MR) is 69.2 cm³/mol. The molecule has 1 aromatic rings. The van der Waals surface area contributed by atoms with Crippen LogP contribution in [-0.4, -0.2) is 19.8 Å². The van der Waals surface area contributed by atoms with Crippen molar-refractivity contribution in [2.45, 2.75) is 41.8 Å². The lowest BCUT2D eigenvalue weighted by atomic mass is 9.85. The van der Waals surface area contributed by atoms with E-state index in [4.69, 9.17) is 5.26 Å². The first-order chi connectivity index (χ1) is 9.03. The summed E-state index contributed by atoms with van der Waals surface area (Å²) in [6, 6.07) is 6.02. The minimum Gasteiger partial charge on any atom is -0.385 e. The molecule has 0 aliphatic carbocycles. The van der Waals surface area contributed by atoms with Crippen molar-refractivity contribution in [2.24, 2.45) is 0 Å². The lowest BCUT2D eigenvalue weighted by Gasteiger charge is -2.36. The monoisotopic (exact) mass is 279 g/mol. The number of fused-ring (bicyclic) bond motifs is 2. The molecule has 3 nitrogen and oxygen atoms in total. The van der Waals surface area contributed by atoms with Gasteiger partial charge in [0, 0.05) is 21.3 Å². The van der Waals surface area contributed by atoms with Gasteiger partial charge in [-0.05, 0) is 43.4 Å². The van der Waals surface area contributed by atoms with Gasteiger partial charge in [-0.15, -0.1) is 0 Å². The molecule has 0 spiro atoms. The molecule has 0 radical (unpaired) electrons. The average Bonchev–Trinajstić information content (AvgIpc) is 2.63. The molecule has 2 aliphatic heterocycles. The average molecular weight is 279 g/mol. The van der Waals surface area contributed by atoms with Crippen molar-refractivity contribution < 1.29 is 13.7 Å². The third-order valence-corrected chi connectivity index (χ3v) is 6.34.